The molecule has 0 spiro atoms. The van der Waals surface area contributed by atoms with E-state index >= 15 is 0 Å². The third-order valence-corrected chi connectivity index (χ3v) is 1.62. The summed E-state index contributed by atoms with van der Waals surface area (Å²) in [5, 5.41) is 0.479. The highest BCUT2D eigenvalue weighted by Crippen LogP contribution is 2.22. The van der Waals surface area contributed by atoms with E-state index < -0.39 is 0 Å². The number of hydrogen-bond donors (Lipinski definition) is 0. The molecule has 0 unspecified atom stereocenters. The van der Waals surface area contributed by atoms with E-state index in [1.807, 2.05) is 0 Å². The monoisotopic (exact) mass is 149 g/mol. The number of rotatable bonds is 0. The molecule has 0 saturated carbocycles. The average molecular weight is 149 g/mol. The molecule has 0 aliphatic heterocycles. The smallest absolute Gasteiger partial charge is 0.137 e. The molecule has 2 rings (SSSR count). The third kappa shape index (κ3) is 0.827. The van der Waals surface area contributed by atoms with Crippen molar-refractivity contribution in [2.75, 3.05) is 0 Å². The fourth-order valence-corrected chi connectivity index (χ4v) is 1.11. The van der Waals surface area contributed by atoms with Crippen LogP contribution in [0.5, 0.6) is 0 Å². The number of furan rings is 1. The van der Waals surface area contributed by atoms with Crippen LogP contribution in [0.25, 0.3) is 11.0 Å². The van der Waals surface area contributed by atoms with E-state index in [0.29, 0.717) is 16.5 Å². The predicted molar refractivity (Wildman–Crippen MR) is 40.6 cm³/mol. The van der Waals surface area contributed by atoms with Crippen LogP contribution in [0, 0.1) is 12.7 Å². The molecular weight excluding hydrogens is 143 g/mol. The summed E-state index contributed by atoms with van der Waals surface area (Å²) in [5.41, 5.74) is 1.15. The summed E-state index contributed by atoms with van der Waals surface area (Å²) in [6.07, 6.45) is 1.45. The average Bonchev–Trinajstić information content (AvgIpc) is 2.34. The summed E-state index contributed by atoms with van der Waals surface area (Å²) < 4.78 is 18.0. The van der Waals surface area contributed by atoms with Crippen LogP contribution in [-0.2, 0) is 0 Å². The molecule has 0 bridgehead atoms. The zero-order valence-electron chi connectivity index (χ0n) is 5.80. The number of fused-ring (bicyclic) bond motifs is 1. The van der Waals surface area contributed by atoms with Crippen molar-refractivity contribution in [2.24, 2.45) is 0 Å². The Labute approximate surface area is 63.4 Å². The van der Waals surface area contributed by atoms with Crippen LogP contribution < -0.4 is 0 Å². The minimum atomic E-state index is -0.277. The summed E-state index contributed by atoms with van der Waals surface area (Å²) >= 11 is 0. The quantitative estimate of drug-likeness (QED) is 0.561. The zero-order chi connectivity index (χ0) is 7.84. The van der Waals surface area contributed by atoms with E-state index in [4.69, 9.17) is 4.42 Å². The Bertz CT molecular complexity index is 389. The standard InChI is InChI=1S/C9H6FO/c1-6-5-11-8-4-2-3-7(10)9(6)8/h2-5H,1H2. The second-order valence-electron chi connectivity index (χ2n) is 2.37. The van der Waals surface area contributed by atoms with Crippen LogP contribution >= 0.6 is 0 Å². The first-order chi connectivity index (χ1) is 5.29. The molecule has 1 nitrogen and oxygen atoms in total. The van der Waals surface area contributed by atoms with Crippen LogP contribution in [0.3, 0.4) is 0 Å². The molecule has 0 N–H and O–H groups in total. The van der Waals surface area contributed by atoms with Crippen LogP contribution in [0.1, 0.15) is 5.56 Å². The second kappa shape index (κ2) is 2.09. The lowest BCUT2D eigenvalue weighted by Gasteiger charge is -1.89. The maximum Gasteiger partial charge on any atom is 0.137 e. The van der Waals surface area contributed by atoms with E-state index in [1.54, 1.807) is 12.1 Å². The Kier molecular flexibility index (Phi) is 1.22. The molecule has 55 valence electrons. The van der Waals surface area contributed by atoms with Crippen molar-refractivity contribution in [3.05, 3.63) is 42.8 Å². The maximum atomic E-state index is 13.0. The van der Waals surface area contributed by atoms with Crippen molar-refractivity contribution >= 4 is 11.0 Å². The van der Waals surface area contributed by atoms with Crippen molar-refractivity contribution < 1.29 is 8.81 Å². The van der Waals surface area contributed by atoms with Gasteiger partial charge in [-0.05, 0) is 19.1 Å². The molecule has 0 amide bonds. The van der Waals surface area contributed by atoms with Gasteiger partial charge in [-0.2, -0.15) is 0 Å². The van der Waals surface area contributed by atoms with Crippen molar-refractivity contribution in [2.45, 2.75) is 0 Å². The van der Waals surface area contributed by atoms with Gasteiger partial charge in [0.25, 0.3) is 0 Å². The highest BCUT2D eigenvalue weighted by molar-refractivity contribution is 5.82. The number of benzene rings is 1. The summed E-state index contributed by atoms with van der Waals surface area (Å²) in [6, 6.07) is 4.72. The van der Waals surface area contributed by atoms with E-state index in [0.717, 1.165) is 0 Å². The summed E-state index contributed by atoms with van der Waals surface area (Å²) in [4.78, 5) is 0. The SMILES string of the molecule is [CH2]c1coc2cccc(F)c12. The predicted octanol–water partition coefficient (Wildman–Crippen LogP) is 2.75. The van der Waals surface area contributed by atoms with Gasteiger partial charge in [-0.1, -0.05) is 6.07 Å². The van der Waals surface area contributed by atoms with Crippen molar-refractivity contribution in [3.63, 3.8) is 0 Å². The van der Waals surface area contributed by atoms with E-state index in [-0.39, 0.29) is 5.82 Å². The lowest BCUT2D eigenvalue weighted by molar-refractivity contribution is 0.609. The fourth-order valence-electron chi connectivity index (χ4n) is 1.11. The van der Waals surface area contributed by atoms with Gasteiger partial charge in [-0.25, -0.2) is 4.39 Å². The Morgan fingerprint density at radius 1 is 1.36 bits per heavy atom. The van der Waals surface area contributed by atoms with Gasteiger partial charge in [0.15, 0.2) is 0 Å². The Hall–Kier alpha value is -1.31. The summed E-state index contributed by atoms with van der Waals surface area (Å²) in [5.74, 6) is -0.277. The summed E-state index contributed by atoms with van der Waals surface area (Å²) in [7, 11) is 0. The van der Waals surface area contributed by atoms with Crippen LogP contribution in [-0.4, -0.2) is 0 Å². The molecule has 2 heteroatoms. The molecule has 1 aromatic heterocycles. The maximum absolute atomic E-state index is 13.0. The molecule has 11 heavy (non-hydrogen) atoms. The Morgan fingerprint density at radius 3 is 2.91 bits per heavy atom. The molecule has 1 heterocycles. The van der Waals surface area contributed by atoms with Crippen molar-refractivity contribution in [1.29, 1.82) is 0 Å². The lowest BCUT2D eigenvalue weighted by Crippen LogP contribution is -1.75. The Morgan fingerprint density at radius 2 is 2.18 bits per heavy atom. The fraction of sp³-hybridized carbons (Fsp3) is 0. The first-order valence-corrected chi connectivity index (χ1v) is 3.27. The van der Waals surface area contributed by atoms with Gasteiger partial charge in [-0.3, -0.25) is 0 Å². The van der Waals surface area contributed by atoms with Gasteiger partial charge in [0.2, 0.25) is 0 Å². The molecule has 0 fully saturated rings. The van der Waals surface area contributed by atoms with Crippen LogP contribution in [0.15, 0.2) is 28.9 Å². The van der Waals surface area contributed by atoms with Crippen molar-refractivity contribution in [3.8, 4) is 0 Å². The van der Waals surface area contributed by atoms with Crippen LogP contribution in [0.2, 0.25) is 0 Å². The molecule has 0 aliphatic carbocycles. The molecule has 0 atom stereocenters. The minimum absolute atomic E-state index is 0.277. The van der Waals surface area contributed by atoms with Gasteiger partial charge in [0.1, 0.15) is 11.4 Å². The Balaban J connectivity index is 2.96. The van der Waals surface area contributed by atoms with E-state index in [1.165, 1.54) is 12.3 Å². The number of halogens is 1. The molecule has 0 aliphatic rings. The van der Waals surface area contributed by atoms with Gasteiger partial charge in [0.05, 0.1) is 11.6 Å². The summed E-state index contributed by atoms with van der Waals surface area (Å²) in [6.45, 7) is 3.64. The third-order valence-electron chi connectivity index (χ3n) is 1.62. The second-order valence-corrected chi connectivity index (χ2v) is 2.37. The zero-order valence-corrected chi connectivity index (χ0v) is 5.80. The van der Waals surface area contributed by atoms with Crippen LogP contribution in [0.4, 0.5) is 4.39 Å². The minimum Gasteiger partial charge on any atom is -0.464 e. The molecule has 0 saturated heterocycles. The van der Waals surface area contributed by atoms with E-state index in [9.17, 15) is 4.39 Å². The van der Waals surface area contributed by atoms with Gasteiger partial charge < -0.3 is 4.42 Å². The normalized spacial score (nSPS) is 10.7. The van der Waals surface area contributed by atoms with Gasteiger partial charge in [0, 0.05) is 5.56 Å². The first kappa shape index (κ1) is 6.40. The molecule has 2 aromatic rings. The topological polar surface area (TPSA) is 13.1 Å². The molecular formula is C9H6FO. The number of hydrogen-bond acceptors (Lipinski definition) is 1. The molecule has 1 radical (unpaired) electrons. The highest BCUT2D eigenvalue weighted by atomic mass is 19.1. The largest absolute Gasteiger partial charge is 0.464 e. The van der Waals surface area contributed by atoms with Gasteiger partial charge >= 0.3 is 0 Å². The van der Waals surface area contributed by atoms with Crippen molar-refractivity contribution in [1.82, 2.24) is 0 Å². The first-order valence-electron chi connectivity index (χ1n) is 3.27. The van der Waals surface area contributed by atoms with Gasteiger partial charge in [-0.15, -0.1) is 0 Å². The lowest BCUT2D eigenvalue weighted by atomic mass is 10.2. The van der Waals surface area contributed by atoms with E-state index in [2.05, 4.69) is 6.92 Å². The highest BCUT2D eigenvalue weighted by Gasteiger charge is 2.05. The molecule has 1 aromatic carbocycles.